The van der Waals surface area contributed by atoms with Crippen molar-refractivity contribution in [3.63, 3.8) is 0 Å². The third kappa shape index (κ3) is 4.04. The number of nitrogens with one attached hydrogen (secondary N) is 1. The highest BCUT2D eigenvalue weighted by Crippen LogP contribution is 2.24. The van der Waals surface area contributed by atoms with Gasteiger partial charge in [-0.3, -0.25) is 4.79 Å². The van der Waals surface area contributed by atoms with E-state index < -0.39 is 6.04 Å². The topological polar surface area (TPSA) is 75.3 Å². The van der Waals surface area contributed by atoms with Crippen LogP contribution in [0.3, 0.4) is 0 Å². The number of hydrogen-bond donors (Lipinski definition) is 3. The molecule has 0 unspecified atom stereocenters. The van der Waals surface area contributed by atoms with E-state index in [1.54, 1.807) is 0 Å². The third-order valence-electron chi connectivity index (χ3n) is 3.91. The standard InChI is InChI=1S/C15H24N2O2/c1-3-15(4-2,11-18)10-17-14(19)13(16)12-8-6-5-7-9-12/h5-9,13,18H,3-4,10-11,16H2,1-2H3,(H,17,19)/t13-/m1/s1. The lowest BCUT2D eigenvalue weighted by atomic mass is 9.83. The van der Waals surface area contributed by atoms with Gasteiger partial charge in [0.15, 0.2) is 0 Å². The van der Waals surface area contributed by atoms with Crippen LogP contribution in [-0.2, 0) is 4.79 Å². The Morgan fingerprint density at radius 1 is 1.32 bits per heavy atom. The molecule has 0 aliphatic heterocycles. The van der Waals surface area contributed by atoms with E-state index in [2.05, 4.69) is 5.32 Å². The fourth-order valence-corrected chi connectivity index (χ4v) is 1.98. The lowest BCUT2D eigenvalue weighted by Gasteiger charge is -2.30. The molecule has 1 aromatic rings. The van der Waals surface area contributed by atoms with Crippen LogP contribution in [0.1, 0.15) is 38.3 Å². The van der Waals surface area contributed by atoms with Gasteiger partial charge >= 0.3 is 0 Å². The van der Waals surface area contributed by atoms with Crippen LogP contribution in [0.2, 0.25) is 0 Å². The molecule has 0 fully saturated rings. The number of nitrogens with two attached hydrogens (primary N) is 1. The van der Waals surface area contributed by atoms with Gasteiger partial charge in [0.2, 0.25) is 5.91 Å². The average Bonchev–Trinajstić information content (AvgIpc) is 2.49. The molecule has 4 N–H and O–H groups in total. The smallest absolute Gasteiger partial charge is 0.241 e. The normalized spacial score (nSPS) is 13.1. The molecule has 0 saturated carbocycles. The summed E-state index contributed by atoms with van der Waals surface area (Å²) in [5.41, 5.74) is 6.47. The molecule has 0 radical (unpaired) electrons. The first kappa shape index (κ1) is 15.7. The molecule has 0 aromatic heterocycles. The molecule has 1 atom stereocenters. The molecule has 106 valence electrons. The summed E-state index contributed by atoms with van der Waals surface area (Å²) < 4.78 is 0. The summed E-state index contributed by atoms with van der Waals surface area (Å²) in [6, 6.07) is 8.62. The Bertz CT molecular complexity index is 380. The number of aliphatic hydroxyl groups excluding tert-OH is 1. The first-order valence-electron chi connectivity index (χ1n) is 6.77. The van der Waals surface area contributed by atoms with Gasteiger partial charge in [0.1, 0.15) is 6.04 Å². The summed E-state index contributed by atoms with van der Waals surface area (Å²) in [4.78, 5) is 12.0. The Hall–Kier alpha value is -1.39. The monoisotopic (exact) mass is 264 g/mol. The Balaban J connectivity index is 2.60. The second-order valence-corrected chi connectivity index (χ2v) is 4.97. The minimum atomic E-state index is -0.661. The highest BCUT2D eigenvalue weighted by atomic mass is 16.3. The van der Waals surface area contributed by atoms with Crippen molar-refractivity contribution in [1.82, 2.24) is 5.32 Å². The molecular weight excluding hydrogens is 240 g/mol. The van der Waals surface area contributed by atoms with Crippen LogP contribution in [0.15, 0.2) is 30.3 Å². The number of rotatable bonds is 7. The van der Waals surface area contributed by atoms with Crippen molar-refractivity contribution >= 4 is 5.91 Å². The van der Waals surface area contributed by atoms with Gasteiger partial charge in [0.05, 0.1) is 6.61 Å². The highest BCUT2D eigenvalue weighted by Gasteiger charge is 2.27. The maximum Gasteiger partial charge on any atom is 0.241 e. The summed E-state index contributed by atoms with van der Waals surface area (Å²) in [6.45, 7) is 4.56. The lowest BCUT2D eigenvalue weighted by molar-refractivity contribution is -0.123. The molecule has 0 aliphatic rings. The molecule has 0 bridgehead atoms. The first-order valence-corrected chi connectivity index (χ1v) is 6.77. The maximum atomic E-state index is 12.0. The Labute approximate surface area is 115 Å². The van der Waals surface area contributed by atoms with Crippen LogP contribution in [-0.4, -0.2) is 24.2 Å². The fourth-order valence-electron chi connectivity index (χ4n) is 1.98. The van der Waals surface area contributed by atoms with Gasteiger partial charge < -0.3 is 16.2 Å². The summed E-state index contributed by atoms with van der Waals surface area (Å²) >= 11 is 0. The predicted octanol–water partition coefficient (Wildman–Crippen LogP) is 1.60. The van der Waals surface area contributed by atoms with Crippen LogP contribution in [0.25, 0.3) is 0 Å². The van der Waals surface area contributed by atoms with Gasteiger partial charge in [0, 0.05) is 12.0 Å². The summed E-state index contributed by atoms with van der Waals surface area (Å²) in [5, 5.41) is 12.3. The molecule has 1 rings (SSSR count). The van der Waals surface area contributed by atoms with Crippen molar-refractivity contribution in [2.45, 2.75) is 32.7 Å². The number of hydrogen-bond acceptors (Lipinski definition) is 3. The SMILES string of the molecule is CCC(CC)(CO)CNC(=O)[C@H](N)c1ccccc1. The highest BCUT2D eigenvalue weighted by molar-refractivity contribution is 5.82. The number of carbonyl (C=O) groups excluding carboxylic acids is 1. The zero-order valence-electron chi connectivity index (χ0n) is 11.7. The van der Waals surface area contributed by atoms with E-state index in [-0.39, 0.29) is 17.9 Å². The molecule has 1 amide bonds. The van der Waals surface area contributed by atoms with Gasteiger partial charge in [0.25, 0.3) is 0 Å². The quantitative estimate of drug-likeness (QED) is 0.700. The van der Waals surface area contributed by atoms with Crippen LogP contribution in [0.5, 0.6) is 0 Å². The van der Waals surface area contributed by atoms with Crippen molar-refractivity contribution in [3.05, 3.63) is 35.9 Å². The van der Waals surface area contributed by atoms with E-state index in [1.807, 2.05) is 44.2 Å². The van der Waals surface area contributed by atoms with Gasteiger partial charge in [-0.05, 0) is 18.4 Å². The molecule has 19 heavy (non-hydrogen) atoms. The second-order valence-electron chi connectivity index (χ2n) is 4.97. The summed E-state index contributed by atoms with van der Waals surface area (Å²) in [6.07, 6.45) is 1.64. The largest absolute Gasteiger partial charge is 0.396 e. The zero-order chi connectivity index (χ0) is 14.3. The Morgan fingerprint density at radius 2 is 1.89 bits per heavy atom. The van der Waals surface area contributed by atoms with Crippen LogP contribution in [0.4, 0.5) is 0 Å². The van der Waals surface area contributed by atoms with Gasteiger partial charge in [-0.2, -0.15) is 0 Å². The molecular formula is C15H24N2O2. The van der Waals surface area contributed by atoms with E-state index in [1.165, 1.54) is 0 Å². The first-order chi connectivity index (χ1) is 9.08. The van der Waals surface area contributed by atoms with Gasteiger partial charge in [-0.25, -0.2) is 0 Å². The predicted molar refractivity (Wildman–Crippen MR) is 76.5 cm³/mol. The van der Waals surface area contributed by atoms with E-state index in [9.17, 15) is 9.90 Å². The molecule has 0 aliphatic carbocycles. The van der Waals surface area contributed by atoms with E-state index in [0.717, 1.165) is 18.4 Å². The summed E-state index contributed by atoms with van der Waals surface area (Å²) in [7, 11) is 0. The molecule has 0 saturated heterocycles. The molecule has 0 spiro atoms. The third-order valence-corrected chi connectivity index (χ3v) is 3.91. The number of amides is 1. The number of carbonyl (C=O) groups is 1. The lowest BCUT2D eigenvalue weighted by Crippen LogP contribution is -2.42. The molecule has 1 aromatic carbocycles. The van der Waals surface area contributed by atoms with E-state index in [4.69, 9.17) is 5.73 Å². The summed E-state index contributed by atoms with van der Waals surface area (Å²) in [5.74, 6) is -0.203. The van der Waals surface area contributed by atoms with Gasteiger partial charge in [-0.1, -0.05) is 44.2 Å². The molecule has 0 heterocycles. The van der Waals surface area contributed by atoms with Crippen LogP contribution < -0.4 is 11.1 Å². The van der Waals surface area contributed by atoms with E-state index >= 15 is 0 Å². The second kappa shape index (κ2) is 7.26. The Morgan fingerprint density at radius 3 is 2.37 bits per heavy atom. The number of aliphatic hydroxyl groups is 1. The molecule has 4 nitrogen and oxygen atoms in total. The van der Waals surface area contributed by atoms with Crippen molar-refractivity contribution in [1.29, 1.82) is 0 Å². The minimum absolute atomic E-state index is 0.0703. The van der Waals surface area contributed by atoms with Gasteiger partial charge in [-0.15, -0.1) is 0 Å². The minimum Gasteiger partial charge on any atom is -0.396 e. The maximum absolute atomic E-state index is 12.0. The average molecular weight is 264 g/mol. The Kier molecular flexibility index (Phi) is 5.99. The van der Waals surface area contributed by atoms with Crippen LogP contribution >= 0.6 is 0 Å². The van der Waals surface area contributed by atoms with Crippen LogP contribution in [0, 0.1) is 5.41 Å². The fraction of sp³-hybridized carbons (Fsp3) is 0.533. The molecule has 4 heteroatoms. The van der Waals surface area contributed by atoms with E-state index in [0.29, 0.717) is 6.54 Å². The zero-order valence-corrected chi connectivity index (χ0v) is 11.7. The van der Waals surface area contributed by atoms with Crippen molar-refractivity contribution in [3.8, 4) is 0 Å². The van der Waals surface area contributed by atoms with Crippen molar-refractivity contribution < 1.29 is 9.90 Å². The van der Waals surface area contributed by atoms with Crippen molar-refractivity contribution in [2.75, 3.05) is 13.2 Å². The number of benzene rings is 1. The van der Waals surface area contributed by atoms with Crippen molar-refractivity contribution in [2.24, 2.45) is 11.1 Å².